The van der Waals surface area contributed by atoms with Crippen molar-refractivity contribution in [2.75, 3.05) is 30.4 Å². The number of hydrogen-bond donors (Lipinski definition) is 2. The highest BCUT2D eigenvalue weighted by Crippen LogP contribution is 2.10. The van der Waals surface area contributed by atoms with Gasteiger partial charge in [-0.05, 0) is 43.4 Å². The quantitative estimate of drug-likeness (QED) is 0.648. The van der Waals surface area contributed by atoms with E-state index in [4.69, 9.17) is 0 Å². The highest BCUT2D eigenvalue weighted by Gasteiger charge is 2.13. The highest BCUT2D eigenvalue weighted by atomic mass is 32.2. The van der Waals surface area contributed by atoms with Crippen LogP contribution in [0, 0.1) is 0 Å². The molecular formula is C13H23N3O2S2. The molecule has 0 saturated carbocycles. The number of thioether (sulfide) groups is 1. The number of unbranched alkanes of at least 4 members (excludes halogenated alkanes) is 1. The first-order chi connectivity index (χ1) is 9.60. The molecule has 0 aliphatic rings. The number of sulfonamides is 1. The van der Waals surface area contributed by atoms with Crippen LogP contribution in [0.2, 0.25) is 0 Å². The summed E-state index contributed by atoms with van der Waals surface area (Å²) in [6.45, 7) is 3.36. The first-order valence-electron chi connectivity index (χ1n) is 6.78. The maximum absolute atomic E-state index is 12.0. The molecule has 0 atom stereocenters. The number of rotatable bonds is 10. The van der Waals surface area contributed by atoms with E-state index in [0.717, 1.165) is 31.6 Å². The second kappa shape index (κ2) is 9.20. The Kier molecular flexibility index (Phi) is 7.94. The third-order valence-electron chi connectivity index (χ3n) is 2.67. The van der Waals surface area contributed by atoms with Crippen LogP contribution in [-0.4, -0.2) is 38.5 Å². The van der Waals surface area contributed by atoms with Crippen LogP contribution in [0.25, 0.3) is 0 Å². The molecule has 0 saturated heterocycles. The molecule has 0 radical (unpaired) electrons. The van der Waals surface area contributed by atoms with E-state index < -0.39 is 10.0 Å². The minimum Gasteiger partial charge on any atom is -0.370 e. The molecule has 0 fully saturated rings. The van der Waals surface area contributed by atoms with Gasteiger partial charge in [0.2, 0.25) is 10.0 Å². The van der Waals surface area contributed by atoms with Crippen molar-refractivity contribution in [2.45, 2.75) is 31.1 Å². The van der Waals surface area contributed by atoms with Gasteiger partial charge in [0.25, 0.3) is 0 Å². The van der Waals surface area contributed by atoms with E-state index in [1.807, 2.05) is 6.26 Å². The molecule has 0 bridgehead atoms. The maximum Gasteiger partial charge on any atom is 0.242 e. The molecule has 1 heterocycles. The SMILES string of the molecule is CCCNc1ccc(S(=O)(=O)NCCCCSC)cn1. The Bertz CT molecular complexity index is 475. The Labute approximate surface area is 126 Å². The molecule has 1 aromatic heterocycles. The second-order valence-corrected chi connectivity index (χ2v) is 7.16. The average Bonchev–Trinajstić information content (AvgIpc) is 2.45. The predicted molar refractivity (Wildman–Crippen MR) is 85.8 cm³/mol. The van der Waals surface area contributed by atoms with Crippen molar-refractivity contribution in [3.63, 3.8) is 0 Å². The summed E-state index contributed by atoms with van der Waals surface area (Å²) in [4.78, 5) is 4.32. The summed E-state index contributed by atoms with van der Waals surface area (Å²) in [6, 6.07) is 3.27. The Morgan fingerprint density at radius 1 is 1.25 bits per heavy atom. The van der Waals surface area contributed by atoms with Gasteiger partial charge in [-0.25, -0.2) is 18.1 Å². The lowest BCUT2D eigenvalue weighted by molar-refractivity contribution is 0.578. The molecule has 0 aliphatic heterocycles. The van der Waals surface area contributed by atoms with Crippen LogP contribution in [0.5, 0.6) is 0 Å². The van der Waals surface area contributed by atoms with E-state index in [1.165, 1.54) is 6.20 Å². The molecule has 7 heteroatoms. The van der Waals surface area contributed by atoms with Crippen LogP contribution in [-0.2, 0) is 10.0 Å². The van der Waals surface area contributed by atoms with E-state index in [9.17, 15) is 8.42 Å². The first-order valence-corrected chi connectivity index (χ1v) is 9.66. The average molecular weight is 317 g/mol. The van der Waals surface area contributed by atoms with Crippen LogP contribution < -0.4 is 10.0 Å². The normalized spacial score (nSPS) is 11.5. The van der Waals surface area contributed by atoms with Crippen LogP contribution in [0.15, 0.2) is 23.2 Å². The van der Waals surface area contributed by atoms with E-state index in [0.29, 0.717) is 12.4 Å². The zero-order valence-electron chi connectivity index (χ0n) is 12.1. The molecule has 5 nitrogen and oxygen atoms in total. The maximum atomic E-state index is 12.0. The number of nitrogens with one attached hydrogen (secondary N) is 2. The summed E-state index contributed by atoms with van der Waals surface area (Å²) < 4.78 is 26.6. The van der Waals surface area contributed by atoms with Crippen LogP contribution in [0.1, 0.15) is 26.2 Å². The zero-order valence-corrected chi connectivity index (χ0v) is 13.7. The molecule has 20 heavy (non-hydrogen) atoms. The van der Waals surface area contributed by atoms with Gasteiger partial charge in [-0.2, -0.15) is 11.8 Å². The summed E-state index contributed by atoms with van der Waals surface area (Å²) in [7, 11) is -3.43. The van der Waals surface area contributed by atoms with Gasteiger partial charge < -0.3 is 5.32 Å². The van der Waals surface area contributed by atoms with Gasteiger partial charge in [0.05, 0.1) is 0 Å². The largest absolute Gasteiger partial charge is 0.370 e. The molecule has 0 aliphatic carbocycles. The fourth-order valence-electron chi connectivity index (χ4n) is 1.56. The number of aromatic nitrogens is 1. The molecule has 1 rings (SSSR count). The fraction of sp³-hybridized carbons (Fsp3) is 0.615. The van der Waals surface area contributed by atoms with E-state index in [2.05, 4.69) is 21.9 Å². The van der Waals surface area contributed by atoms with E-state index in [1.54, 1.807) is 23.9 Å². The van der Waals surface area contributed by atoms with Crippen molar-refractivity contribution in [3.8, 4) is 0 Å². The minimum absolute atomic E-state index is 0.212. The number of nitrogens with zero attached hydrogens (tertiary/aromatic N) is 1. The van der Waals surface area contributed by atoms with Gasteiger partial charge >= 0.3 is 0 Å². The van der Waals surface area contributed by atoms with Crippen LogP contribution in [0.3, 0.4) is 0 Å². The van der Waals surface area contributed by atoms with E-state index >= 15 is 0 Å². The van der Waals surface area contributed by atoms with Crippen molar-refractivity contribution >= 4 is 27.6 Å². The summed E-state index contributed by atoms with van der Waals surface area (Å²) in [5, 5.41) is 3.11. The molecular weight excluding hydrogens is 294 g/mol. The Balaban J connectivity index is 2.50. The zero-order chi connectivity index (χ0) is 14.8. The lowest BCUT2D eigenvalue weighted by Gasteiger charge is -2.08. The van der Waals surface area contributed by atoms with Crippen molar-refractivity contribution in [1.82, 2.24) is 9.71 Å². The number of pyridine rings is 1. The van der Waals surface area contributed by atoms with Gasteiger partial charge in [0, 0.05) is 19.3 Å². The molecule has 1 aromatic rings. The first kappa shape index (κ1) is 17.3. The van der Waals surface area contributed by atoms with Crippen molar-refractivity contribution in [2.24, 2.45) is 0 Å². The summed E-state index contributed by atoms with van der Waals surface area (Å²) in [5.74, 6) is 1.76. The van der Waals surface area contributed by atoms with Crippen LogP contribution in [0.4, 0.5) is 5.82 Å². The van der Waals surface area contributed by atoms with Crippen molar-refractivity contribution in [3.05, 3.63) is 18.3 Å². The molecule has 2 N–H and O–H groups in total. The summed E-state index contributed by atoms with van der Waals surface area (Å²) in [6.07, 6.45) is 6.30. The van der Waals surface area contributed by atoms with E-state index in [-0.39, 0.29) is 4.90 Å². The van der Waals surface area contributed by atoms with Crippen molar-refractivity contribution < 1.29 is 8.42 Å². The third kappa shape index (κ3) is 6.11. The summed E-state index contributed by atoms with van der Waals surface area (Å²) >= 11 is 1.77. The van der Waals surface area contributed by atoms with Gasteiger partial charge in [-0.3, -0.25) is 0 Å². The van der Waals surface area contributed by atoms with Crippen LogP contribution >= 0.6 is 11.8 Å². The lowest BCUT2D eigenvalue weighted by Crippen LogP contribution is -2.25. The number of anilines is 1. The molecule has 114 valence electrons. The second-order valence-electron chi connectivity index (χ2n) is 4.40. The lowest BCUT2D eigenvalue weighted by atomic mass is 10.3. The van der Waals surface area contributed by atoms with Gasteiger partial charge in [-0.1, -0.05) is 6.92 Å². The Morgan fingerprint density at radius 3 is 2.65 bits per heavy atom. The highest BCUT2D eigenvalue weighted by molar-refractivity contribution is 7.98. The third-order valence-corrected chi connectivity index (χ3v) is 4.81. The van der Waals surface area contributed by atoms with Gasteiger partial charge in [-0.15, -0.1) is 0 Å². The Morgan fingerprint density at radius 2 is 2.05 bits per heavy atom. The van der Waals surface area contributed by atoms with Gasteiger partial charge in [0.15, 0.2) is 0 Å². The standard InChI is InChI=1S/C13H23N3O2S2/c1-3-8-14-13-7-6-12(11-15-13)20(17,18)16-9-4-5-10-19-2/h6-7,11,16H,3-5,8-10H2,1-2H3,(H,14,15). The van der Waals surface area contributed by atoms with Gasteiger partial charge in [0.1, 0.15) is 10.7 Å². The monoisotopic (exact) mass is 317 g/mol. The smallest absolute Gasteiger partial charge is 0.242 e. The Hall–Kier alpha value is -0.790. The number of hydrogen-bond acceptors (Lipinski definition) is 5. The predicted octanol–water partition coefficient (Wildman–Crippen LogP) is 2.33. The molecule has 0 unspecified atom stereocenters. The molecule has 0 aromatic carbocycles. The minimum atomic E-state index is -3.43. The topological polar surface area (TPSA) is 71.1 Å². The summed E-state index contributed by atoms with van der Waals surface area (Å²) in [5.41, 5.74) is 0. The molecule has 0 amide bonds. The van der Waals surface area contributed by atoms with Crippen molar-refractivity contribution in [1.29, 1.82) is 0 Å². The molecule has 0 spiro atoms. The fourth-order valence-corrected chi connectivity index (χ4v) is 3.07.